The van der Waals surface area contributed by atoms with Crippen LogP contribution in [0.15, 0.2) is 24.3 Å². The van der Waals surface area contributed by atoms with Crippen molar-refractivity contribution in [2.75, 3.05) is 13.2 Å². The van der Waals surface area contributed by atoms with E-state index < -0.39 is 0 Å². The van der Waals surface area contributed by atoms with E-state index in [2.05, 4.69) is 36.5 Å². The molecule has 3 atom stereocenters. The molecule has 1 aliphatic carbocycles. The zero-order valence-electron chi connectivity index (χ0n) is 12.6. The molecule has 2 heteroatoms. The summed E-state index contributed by atoms with van der Waals surface area (Å²) in [6, 6.07) is 9.40. The minimum atomic E-state index is 0.713. The Morgan fingerprint density at radius 1 is 1.20 bits per heavy atom. The summed E-state index contributed by atoms with van der Waals surface area (Å²) in [5.41, 5.74) is 1.45. The van der Waals surface area contributed by atoms with E-state index in [4.69, 9.17) is 4.74 Å². The molecule has 3 rings (SSSR count). The van der Waals surface area contributed by atoms with Crippen LogP contribution in [0.4, 0.5) is 0 Å². The van der Waals surface area contributed by atoms with Crippen molar-refractivity contribution in [3.05, 3.63) is 29.8 Å². The highest BCUT2D eigenvalue weighted by molar-refractivity contribution is 5.37. The number of para-hydroxylation sites is 1. The quantitative estimate of drug-likeness (QED) is 0.891. The molecule has 3 unspecified atom stereocenters. The summed E-state index contributed by atoms with van der Waals surface area (Å²) >= 11 is 0. The fraction of sp³-hybridized carbons (Fsp3) is 0.667. The van der Waals surface area contributed by atoms with E-state index in [1.54, 1.807) is 0 Å². The van der Waals surface area contributed by atoms with Gasteiger partial charge in [0, 0.05) is 6.04 Å². The molecule has 1 heterocycles. The van der Waals surface area contributed by atoms with Crippen molar-refractivity contribution in [3.8, 4) is 5.75 Å². The molecule has 0 aromatic heterocycles. The van der Waals surface area contributed by atoms with Gasteiger partial charge in [0.15, 0.2) is 0 Å². The normalized spacial score (nSPS) is 29.6. The van der Waals surface area contributed by atoms with Gasteiger partial charge >= 0.3 is 0 Å². The minimum absolute atomic E-state index is 0.713. The van der Waals surface area contributed by atoms with Crippen LogP contribution in [0.2, 0.25) is 0 Å². The van der Waals surface area contributed by atoms with E-state index in [-0.39, 0.29) is 0 Å². The third-order valence-corrected chi connectivity index (χ3v) is 4.98. The fourth-order valence-corrected chi connectivity index (χ4v) is 4.04. The van der Waals surface area contributed by atoms with E-state index in [9.17, 15) is 0 Å². The molecular formula is C18H27NO. The molecule has 2 aliphatic rings. The van der Waals surface area contributed by atoms with Gasteiger partial charge in [0.1, 0.15) is 5.75 Å². The number of fused-ring (bicyclic) bond motifs is 1. The lowest BCUT2D eigenvalue weighted by molar-refractivity contribution is 0.222. The molecule has 0 spiro atoms. The second kappa shape index (κ2) is 6.62. The zero-order valence-corrected chi connectivity index (χ0v) is 12.6. The second-order valence-electron chi connectivity index (χ2n) is 6.39. The van der Waals surface area contributed by atoms with Crippen LogP contribution in [0.25, 0.3) is 0 Å². The molecule has 1 N–H and O–H groups in total. The van der Waals surface area contributed by atoms with Crippen LogP contribution in [0.1, 0.15) is 56.9 Å². The summed E-state index contributed by atoms with van der Waals surface area (Å²) in [6.07, 6.45) is 8.10. The Morgan fingerprint density at radius 2 is 2.10 bits per heavy atom. The zero-order chi connectivity index (χ0) is 13.8. The molecule has 1 aliphatic heterocycles. The van der Waals surface area contributed by atoms with Crippen molar-refractivity contribution in [2.45, 2.75) is 57.4 Å². The Balaban J connectivity index is 1.63. The minimum Gasteiger partial charge on any atom is -0.493 e. The summed E-state index contributed by atoms with van der Waals surface area (Å²) in [7, 11) is 0. The predicted molar refractivity (Wildman–Crippen MR) is 83.3 cm³/mol. The Bertz CT molecular complexity index is 429. The van der Waals surface area contributed by atoms with Gasteiger partial charge < -0.3 is 10.1 Å². The molecule has 0 saturated heterocycles. The molecule has 1 saturated carbocycles. The highest BCUT2D eigenvalue weighted by atomic mass is 16.5. The van der Waals surface area contributed by atoms with Crippen LogP contribution in [-0.2, 0) is 0 Å². The lowest BCUT2D eigenvalue weighted by atomic mass is 9.77. The number of ether oxygens (including phenoxy) is 1. The molecular weight excluding hydrogens is 246 g/mol. The number of hydrogen-bond acceptors (Lipinski definition) is 2. The lowest BCUT2D eigenvalue weighted by Crippen LogP contribution is -2.34. The topological polar surface area (TPSA) is 21.3 Å². The average molecular weight is 273 g/mol. The molecule has 20 heavy (non-hydrogen) atoms. The van der Waals surface area contributed by atoms with Crippen LogP contribution in [0, 0.1) is 5.92 Å². The highest BCUT2D eigenvalue weighted by Crippen LogP contribution is 2.40. The molecule has 2 nitrogen and oxygen atoms in total. The Kier molecular flexibility index (Phi) is 4.62. The first-order chi connectivity index (χ1) is 9.86. The summed E-state index contributed by atoms with van der Waals surface area (Å²) in [6.45, 7) is 4.22. The molecule has 1 fully saturated rings. The van der Waals surface area contributed by atoms with Gasteiger partial charge in [-0.2, -0.15) is 0 Å². The first-order valence-electron chi connectivity index (χ1n) is 8.32. The summed E-state index contributed by atoms with van der Waals surface area (Å²) in [4.78, 5) is 0. The number of rotatable bonds is 4. The third kappa shape index (κ3) is 3.17. The number of hydrogen-bond donors (Lipinski definition) is 1. The van der Waals surface area contributed by atoms with Crippen LogP contribution < -0.4 is 10.1 Å². The third-order valence-electron chi connectivity index (χ3n) is 4.98. The molecule has 0 amide bonds. The van der Waals surface area contributed by atoms with Crippen molar-refractivity contribution >= 4 is 0 Å². The monoisotopic (exact) mass is 273 g/mol. The van der Waals surface area contributed by atoms with E-state index in [1.165, 1.54) is 44.1 Å². The molecule has 110 valence electrons. The molecule has 0 bridgehead atoms. The van der Waals surface area contributed by atoms with Gasteiger partial charge in [0.25, 0.3) is 0 Å². The van der Waals surface area contributed by atoms with Gasteiger partial charge in [-0.1, -0.05) is 38.0 Å². The van der Waals surface area contributed by atoms with Crippen molar-refractivity contribution < 1.29 is 4.74 Å². The Hall–Kier alpha value is -1.02. The summed E-state index contributed by atoms with van der Waals surface area (Å²) < 4.78 is 5.79. The highest BCUT2D eigenvalue weighted by Gasteiger charge is 2.27. The van der Waals surface area contributed by atoms with Crippen LogP contribution in [0.3, 0.4) is 0 Å². The van der Waals surface area contributed by atoms with Gasteiger partial charge in [0.2, 0.25) is 0 Å². The lowest BCUT2D eigenvalue weighted by Gasteiger charge is -2.34. The summed E-state index contributed by atoms with van der Waals surface area (Å²) in [5.74, 6) is 2.73. The van der Waals surface area contributed by atoms with Crippen LogP contribution in [0.5, 0.6) is 5.75 Å². The largest absolute Gasteiger partial charge is 0.493 e. The summed E-state index contributed by atoms with van der Waals surface area (Å²) in [5, 5.41) is 3.65. The standard InChI is InChI=1S/C18H27NO/c1-2-19-16-7-5-6-14(13-16)12-15-10-11-20-18-9-4-3-8-17(15)18/h3-4,8-9,14-16,19H,2,5-7,10-13H2,1H3. The predicted octanol–water partition coefficient (Wildman–Crippen LogP) is 4.11. The SMILES string of the molecule is CCNC1CCCC(CC2CCOc3ccccc32)C1. The van der Waals surface area contributed by atoms with Crippen molar-refractivity contribution in [1.29, 1.82) is 0 Å². The Labute approximate surface area is 122 Å². The first kappa shape index (κ1) is 13.9. The second-order valence-corrected chi connectivity index (χ2v) is 6.39. The molecule has 0 radical (unpaired) electrons. The van der Waals surface area contributed by atoms with Gasteiger partial charge in [-0.3, -0.25) is 0 Å². The van der Waals surface area contributed by atoms with E-state index in [0.29, 0.717) is 5.92 Å². The number of benzene rings is 1. The van der Waals surface area contributed by atoms with Crippen LogP contribution >= 0.6 is 0 Å². The fourth-order valence-electron chi connectivity index (χ4n) is 4.04. The first-order valence-corrected chi connectivity index (χ1v) is 8.32. The molecule has 1 aromatic carbocycles. The van der Waals surface area contributed by atoms with E-state index in [0.717, 1.165) is 30.9 Å². The smallest absolute Gasteiger partial charge is 0.122 e. The maximum atomic E-state index is 5.79. The van der Waals surface area contributed by atoms with Crippen molar-refractivity contribution in [3.63, 3.8) is 0 Å². The molecule has 1 aromatic rings. The maximum Gasteiger partial charge on any atom is 0.122 e. The van der Waals surface area contributed by atoms with E-state index in [1.807, 2.05) is 0 Å². The van der Waals surface area contributed by atoms with Gasteiger partial charge in [-0.15, -0.1) is 0 Å². The van der Waals surface area contributed by atoms with Crippen molar-refractivity contribution in [1.82, 2.24) is 5.32 Å². The van der Waals surface area contributed by atoms with Gasteiger partial charge in [0.05, 0.1) is 6.61 Å². The van der Waals surface area contributed by atoms with Gasteiger partial charge in [-0.25, -0.2) is 0 Å². The average Bonchev–Trinajstić information content (AvgIpc) is 2.48. The number of nitrogens with one attached hydrogen (secondary N) is 1. The maximum absolute atomic E-state index is 5.79. The van der Waals surface area contributed by atoms with Crippen molar-refractivity contribution in [2.24, 2.45) is 5.92 Å². The van der Waals surface area contributed by atoms with Crippen LogP contribution in [-0.4, -0.2) is 19.2 Å². The van der Waals surface area contributed by atoms with Gasteiger partial charge in [-0.05, 0) is 55.7 Å². The Morgan fingerprint density at radius 3 is 3.00 bits per heavy atom. The van der Waals surface area contributed by atoms with E-state index >= 15 is 0 Å².